The topological polar surface area (TPSA) is 66.5 Å². The molecular formula is C31H27BrCl2N2O3. The molecule has 1 heterocycles. The number of rotatable bonds is 4. The van der Waals surface area contributed by atoms with Gasteiger partial charge in [-0.05, 0) is 65.3 Å². The molecule has 3 atom stereocenters. The van der Waals surface area contributed by atoms with Crippen molar-refractivity contribution in [3.05, 3.63) is 98.5 Å². The van der Waals surface area contributed by atoms with Crippen molar-refractivity contribution in [3.8, 4) is 0 Å². The number of alkyl halides is 2. The number of halogens is 3. The Labute approximate surface area is 246 Å². The number of benzene rings is 3. The summed E-state index contributed by atoms with van der Waals surface area (Å²) >= 11 is 18.6. The first-order valence-electron chi connectivity index (χ1n) is 13.0. The van der Waals surface area contributed by atoms with Gasteiger partial charge in [-0.1, -0.05) is 78.3 Å². The summed E-state index contributed by atoms with van der Waals surface area (Å²) in [5.41, 5.74) is 5.46. The molecule has 1 aliphatic heterocycles. The summed E-state index contributed by atoms with van der Waals surface area (Å²) in [5, 5.41) is 2.95. The molecule has 3 amide bonds. The van der Waals surface area contributed by atoms with Crippen molar-refractivity contribution in [3.63, 3.8) is 0 Å². The average molecular weight is 626 g/mol. The number of carbonyl (C=O) groups excluding carboxylic acids is 3. The number of nitrogens with zero attached hydrogens (tertiary/aromatic N) is 1. The van der Waals surface area contributed by atoms with E-state index < -0.39 is 45.3 Å². The number of anilines is 1. The van der Waals surface area contributed by atoms with E-state index in [4.69, 9.17) is 23.2 Å². The van der Waals surface area contributed by atoms with Crippen molar-refractivity contribution >= 4 is 62.5 Å². The van der Waals surface area contributed by atoms with Crippen LogP contribution in [0.3, 0.4) is 0 Å². The van der Waals surface area contributed by atoms with E-state index in [2.05, 4.69) is 21.2 Å². The van der Waals surface area contributed by atoms with Gasteiger partial charge in [-0.15, -0.1) is 23.2 Å². The number of amides is 3. The molecule has 200 valence electrons. The summed E-state index contributed by atoms with van der Waals surface area (Å²) in [5.74, 6) is -3.60. The van der Waals surface area contributed by atoms with Crippen LogP contribution < -0.4 is 5.32 Å². The van der Waals surface area contributed by atoms with Gasteiger partial charge in [0.15, 0.2) is 0 Å². The molecule has 4 aliphatic rings. The summed E-state index contributed by atoms with van der Waals surface area (Å²) in [4.78, 5) is 41.0. The number of aryl methyl sites for hydroxylation is 2. The fraction of sp³-hybridized carbons (Fsp3) is 0.323. The van der Waals surface area contributed by atoms with Gasteiger partial charge in [0.25, 0.3) is 0 Å². The van der Waals surface area contributed by atoms with E-state index in [9.17, 15) is 14.4 Å². The molecule has 7 rings (SSSR count). The van der Waals surface area contributed by atoms with Gasteiger partial charge in [-0.3, -0.25) is 19.3 Å². The summed E-state index contributed by atoms with van der Waals surface area (Å²) in [6.07, 6.45) is 0. The molecule has 0 saturated carbocycles. The third kappa shape index (κ3) is 3.41. The first-order chi connectivity index (χ1) is 18.4. The summed E-state index contributed by atoms with van der Waals surface area (Å²) in [6.45, 7) is 7.54. The van der Waals surface area contributed by atoms with Gasteiger partial charge in [0.2, 0.25) is 17.7 Å². The molecule has 1 fully saturated rings. The smallest absolute Gasteiger partial charge is 0.247 e. The van der Waals surface area contributed by atoms with Crippen LogP contribution in [0.1, 0.15) is 47.2 Å². The second kappa shape index (κ2) is 8.92. The molecule has 2 bridgehead atoms. The SMILES string of the molecule is Cc1cc(NC(=O)[C@H](C(C)C)N2C(=O)[C@@H]3[C@@H](C2=O)C2(Cl)c4ccccc4C3(Cl)c3ccccc32)cc(C)c1Br. The number of hydrogen-bond acceptors (Lipinski definition) is 3. The molecule has 0 aromatic heterocycles. The second-order valence-electron chi connectivity index (χ2n) is 11.1. The average Bonchev–Trinajstić information content (AvgIpc) is 3.17. The van der Waals surface area contributed by atoms with E-state index in [0.717, 1.165) is 42.8 Å². The van der Waals surface area contributed by atoms with Crippen LogP contribution in [0.4, 0.5) is 5.69 Å². The highest BCUT2D eigenvalue weighted by atomic mass is 79.9. The third-order valence-electron chi connectivity index (χ3n) is 8.50. The van der Waals surface area contributed by atoms with E-state index in [-0.39, 0.29) is 5.92 Å². The molecule has 39 heavy (non-hydrogen) atoms. The van der Waals surface area contributed by atoms with Gasteiger partial charge in [-0.25, -0.2) is 0 Å². The van der Waals surface area contributed by atoms with Gasteiger partial charge in [0.05, 0.1) is 11.8 Å². The van der Waals surface area contributed by atoms with Crippen molar-refractivity contribution in [2.75, 3.05) is 5.32 Å². The first kappa shape index (κ1) is 26.5. The lowest BCUT2D eigenvalue weighted by atomic mass is 9.54. The molecular weight excluding hydrogens is 599 g/mol. The lowest BCUT2D eigenvalue weighted by Gasteiger charge is -2.54. The molecule has 0 spiro atoms. The van der Waals surface area contributed by atoms with Crippen molar-refractivity contribution in [1.29, 1.82) is 0 Å². The van der Waals surface area contributed by atoms with Crippen LogP contribution in [0.25, 0.3) is 0 Å². The number of hydrogen-bond donors (Lipinski definition) is 1. The van der Waals surface area contributed by atoms with Crippen molar-refractivity contribution in [1.82, 2.24) is 4.90 Å². The minimum absolute atomic E-state index is 0.351. The number of nitrogens with one attached hydrogen (secondary N) is 1. The predicted molar refractivity (Wildman–Crippen MR) is 156 cm³/mol. The fourth-order valence-corrected chi connectivity index (χ4v) is 8.24. The van der Waals surface area contributed by atoms with E-state index >= 15 is 0 Å². The Bertz CT molecular complexity index is 1440. The van der Waals surface area contributed by atoms with E-state index in [1.165, 1.54) is 0 Å². The van der Waals surface area contributed by atoms with Crippen LogP contribution in [-0.4, -0.2) is 28.7 Å². The van der Waals surface area contributed by atoms with Crippen LogP contribution in [0.15, 0.2) is 65.1 Å². The molecule has 3 aromatic carbocycles. The van der Waals surface area contributed by atoms with Gasteiger partial charge in [-0.2, -0.15) is 0 Å². The Balaban J connectivity index is 1.47. The predicted octanol–water partition coefficient (Wildman–Crippen LogP) is 6.62. The largest absolute Gasteiger partial charge is 0.324 e. The van der Waals surface area contributed by atoms with E-state index in [1.54, 1.807) is 0 Å². The Morgan fingerprint density at radius 2 is 1.23 bits per heavy atom. The van der Waals surface area contributed by atoms with Crippen LogP contribution in [-0.2, 0) is 24.1 Å². The summed E-state index contributed by atoms with van der Waals surface area (Å²) < 4.78 is 0.962. The summed E-state index contributed by atoms with van der Waals surface area (Å²) in [6, 6.07) is 17.7. The maximum absolute atomic E-state index is 14.3. The number of likely N-dealkylation sites (tertiary alicyclic amines) is 1. The quantitative estimate of drug-likeness (QED) is 0.262. The van der Waals surface area contributed by atoms with Crippen LogP contribution in [0.5, 0.6) is 0 Å². The lowest BCUT2D eigenvalue weighted by molar-refractivity contribution is -0.148. The molecule has 1 N–H and O–H groups in total. The lowest BCUT2D eigenvalue weighted by Crippen LogP contribution is -2.57. The van der Waals surface area contributed by atoms with E-state index in [1.807, 2.05) is 88.4 Å². The standard InChI is InChI=1S/C31H27BrCl2N2O3/c1-15(2)26(27(37)35-18-13-16(3)25(32)17(4)14-18)36-28(38)23-24(29(36)39)31(34)20-10-6-5-9-19(20)30(23,33)21-11-7-8-12-22(21)31/h5-15,23-24,26H,1-4H3,(H,35,37)/t23-,24-,26-,30?,31?/m0/s1. The Morgan fingerprint density at radius 3 is 1.59 bits per heavy atom. The highest BCUT2D eigenvalue weighted by Gasteiger charge is 2.73. The third-order valence-corrected chi connectivity index (χ3v) is 11.0. The minimum Gasteiger partial charge on any atom is -0.324 e. The van der Waals surface area contributed by atoms with Gasteiger partial charge in [0, 0.05) is 10.2 Å². The monoisotopic (exact) mass is 624 g/mol. The molecule has 3 aliphatic carbocycles. The maximum Gasteiger partial charge on any atom is 0.247 e. The highest BCUT2D eigenvalue weighted by Crippen LogP contribution is 2.69. The number of carbonyl (C=O) groups is 3. The zero-order valence-electron chi connectivity index (χ0n) is 21.9. The summed E-state index contributed by atoms with van der Waals surface area (Å²) in [7, 11) is 0. The molecule has 3 aromatic rings. The molecule has 1 saturated heterocycles. The highest BCUT2D eigenvalue weighted by molar-refractivity contribution is 9.10. The van der Waals surface area contributed by atoms with Gasteiger partial charge in [0.1, 0.15) is 15.8 Å². The van der Waals surface area contributed by atoms with Gasteiger partial charge < -0.3 is 5.32 Å². The van der Waals surface area contributed by atoms with Crippen LogP contribution in [0, 0.1) is 31.6 Å². The van der Waals surface area contributed by atoms with Crippen LogP contribution >= 0.6 is 39.1 Å². The zero-order chi connectivity index (χ0) is 28.0. The van der Waals surface area contributed by atoms with Gasteiger partial charge >= 0.3 is 0 Å². The normalized spacial score (nSPS) is 27.3. The minimum atomic E-state index is -1.28. The van der Waals surface area contributed by atoms with E-state index in [0.29, 0.717) is 5.69 Å². The number of imide groups is 1. The second-order valence-corrected chi connectivity index (χ2v) is 13.1. The molecule has 0 unspecified atom stereocenters. The van der Waals surface area contributed by atoms with Crippen molar-refractivity contribution < 1.29 is 14.4 Å². The maximum atomic E-state index is 14.3. The van der Waals surface area contributed by atoms with Crippen molar-refractivity contribution in [2.24, 2.45) is 17.8 Å². The van der Waals surface area contributed by atoms with Crippen LogP contribution in [0.2, 0.25) is 0 Å². The first-order valence-corrected chi connectivity index (χ1v) is 14.5. The molecule has 8 heteroatoms. The Hall–Kier alpha value is -2.67. The molecule has 0 radical (unpaired) electrons. The Morgan fingerprint density at radius 1 is 0.846 bits per heavy atom. The zero-order valence-corrected chi connectivity index (χ0v) is 25.0. The fourth-order valence-electron chi connectivity index (χ4n) is 6.92. The molecule has 5 nitrogen and oxygen atoms in total. The van der Waals surface area contributed by atoms with Crippen molar-refractivity contribution in [2.45, 2.75) is 43.5 Å². The Kier molecular flexibility index (Phi) is 6.07.